The van der Waals surface area contributed by atoms with Crippen LogP contribution in [-0.2, 0) is 9.53 Å². The summed E-state index contributed by atoms with van der Waals surface area (Å²) in [7, 11) is 3.72. The smallest absolute Gasteiger partial charge is 0.225 e. The number of amides is 1. The monoisotopic (exact) mass is 335 g/mol. The third-order valence-electron chi connectivity index (χ3n) is 5.11. The molecule has 0 N–H and O–H groups in total. The number of fused-ring (bicyclic) bond motifs is 2. The fourth-order valence-corrected chi connectivity index (χ4v) is 4.04. The maximum absolute atomic E-state index is 12.4. The van der Waals surface area contributed by atoms with E-state index in [1.165, 1.54) is 0 Å². The van der Waals surface area contributed by atoms with E-state index in [2.05, 4.69) is 24.1 Å². The van der Waals surface area contributed by atoms with E-state index < -0.39 is 0 Å². The largest absolute Gasteiger partial charge is 0.484 e. The molecule has 0 saturated carbocycles. The second kappa shape index (κ2) is 5.92. The van der Waals surface area contributed by atoms with Crippen LogP contribution in [0.1, 0.15) is 18.4 Å². The fourth-order valence-electron chi connectivity index (χ4n) is 4.04. The summed E-state index contributed by atoms with van der Waals surface area (Å²) in [6.45, 7) is 1.59. The number of likely N-dealkylation sites (N-methyl/N-ethyl adjacent to an activating group) is 1. The fraction of sp³-hybridized carbons (Fsp3) is 0.300. The van der Waals surface area contributed by atoms with Crippen molar-refractivity contribution >= 4 is 23.2 Å². The van der Waals surface area contributed by atoms with Crippen LogP contribution in [0.2, 0.25) is 0 Å². The minimum atomic E-state index is -0.294. The highest BCUT2D eigenvalue weighted by Gasteiger charge is 2.50. The van der Waals surface area contributed by atoms with Gasteiger partial charge in [0.15, 0.2) is 12.1 Å². The molecule has 0 spiro atoms. The van der Waals surface area contributed by atoms with Crippen molar-refractivity contribution in [2.24, 2.45) is 4.99 Å². The second-order valence-electron chi connectivity index (χ2n) is 6.45. The maximum atomic E-state index is 12.4. The molecule has 0 saturated heterocycles. The number of carbonyl (C=O) groups excluding carboxylic acids is 1. The van der Waals surface area contributed by atoms with E-state index in [4.69, 9.17) is 9.73 Å². The number of aliphatic imine (C=N–C) groups is 1. The first-order chi connectivity index (χ1) is 12.1. The van der Waals surface area contributed by atoms with Gasteiger partial charge in [-0.2, -0.15) is 0 Å². The van der Waals surface area contributed by atoms with Crippen molar-refractivity contribution in [3.8, 4) is 0 Å². The molecule has 2 aromatic carbocycles. The van der Waals surface area contributed by atoms with Gasteiger partial charge in [-0.15, -0.1) is 0 Å². The Morgan fingerprint density at radius 2 is 1.68 bits per heavy atom. The van der Waals surface area contributed by atoms with Gasteiger partial charge in [0.2, 0.25) is 5.91 Å². The number of anilines is 2. The Hall–Kier alpha value is -2.82. The van der Waals surface area contributed by atoms with Gasteiger partial charge in [0, 0.05) is 14.0 Å². The number of methoxy groups -OCH3 is 1. The number of para-hydroxylation sites is 2. The number of nitrogens with zero attached hydrogens (tertiary/aromatic N) is 3. The van der Waals surface area contributed by atoms with Crippen LogP contribution in [0, 0.1) is 0 Å². The van der Waals surface area contributed by atoms with Crippen molar-refractivity contribution in [1.82, 2.24) is 0 Å². The molecule has 1 amide bonds. The number of carbonyl (C=O) groups is 1. The second-order valence-corrected chi connectivity index (χ2v) is 6.45. The van der Waals surface area contributed by atoms with Crippen LogP contribution >= 0.6 is 0 Å². The van der Waals surface area contributed by atoms with Gasteiger partial charge in [0.25, 0.3) is 0 Å². The third-order valence-corrected chi connectivity index (χ3v) is 5.11. The van der Waals surface area contributed by atoms with Crippen LogP contribution < -0.4 is 9.80 Å². The molecule has 0 bridgehead atoms. The highest BCUT2D eigenvalue weighted by Crippen LogP contribution is 2.45. The molecule has 3 unspecified atom stereocenters. The van der Waals surface area contributed by atoms with Gasteiger partial charge in [-0.1, -0.05) is 42.5 Å². The van der Waals surface area contributed by atoms with Crippen LogP contribution in [0.15, 0.2) is 59.6 Å². The minimum Gasteiger partial charge on any atom is -0.484 e. The van der Waals surface area contributed by atoms with Crippen LogP contribution in [0.5, 0.6) is 0 Å². The lowest BCUT2D eigenvalue weighted by Crippen LogP contribution is -2.56. The summed E-state index contributed by atoms with van der Waals surface area (Å²) in [5.74, 6) is 0.645. The zero-order valence-electron chi connectivity index (χ0n) is 14.6. The van der Waals surface area contributed by atoms with Gasteiger partial charge in [-0.05, 0) is 17.7 Å². The van der Waals surface area contributed by atoms with Crippen LogP contribution in [-0.4, -0.2) is 38.2 Å². The number of benzene rings is 2. The Bertz CT molecular complexity index is 834. The molecule has 0 aromatic heterocycles. The SMILES string of the molecule is COC1=NC2C(C1c1ccccc1)N(C)c1ccccc1N2C(C)=O. The Labute approximate surface area is 147 Å². The van der Waals surface area contributed by atoms with Crippen molar-refractivity contribution in [1.29, 1.82) is 0 Å². The molecule has 2 heterocycles. The zero-order valence-corrected chi connectivity index (χ0v) is 14.6. The average Bonchev–Trinajstić information content (AvgIpc) is 3.02. The van der Waals surface area contributed by atoms with Gasteiger partial charge in [0.05, 0.1) is 30.4 Å². The van der Waals surface area contributed by atoms with Crippen LogP contribution in [0.4, 0.5) is 11.4 Å². The minimum absolute atomic E-state index is 0.00356. The molecule has 0 radical (unpaired) electrons. The molecule has 3 atom stereocenters. The molecule has 0 fully saturated rings. The van der Waals surface area contributed by atoms with Crippen molar-refractivity contribution in [2.75, 3.05) is 24.0 Å². The summed E-state index contributed by atoms with van der Waals surface area (Å²) >= 11 is 0. The van der Waals surface area contributed by atoms with E-state index in [1.54, 1.807) is 18.9 Å². The molecule has 4 rings (SSSR count). The highest BCUT2D eigenvalue weighted by molar-refractivity contribution is 6.00. The average molecular weight is 335 g/mol. The summed E-state index contributed by atoms with van der Waals surface area (Å²) in [4.78, 5) is 21.3. The van der Waals surface area contributed by atoms with E-state index >= 15 is 0 Å². The van der Waals surface area contributed by atoms with Gasteiger partial charge >= 0.3 is 0 Å². The lowest BCUT2D eigenvalue weighted by atomic mass is 9.88. The van der Waals surface area contributed by atoms with E-state index in [9.17, 15) is 4.79 Å². The maximum Gasteiger partial charge on any atom is 0.225 e. The molecule has 25 heavy (non-hydrogen) atoms. The summed E-state index contributed by atoms with van der Waals surface area (Å²) in [6.07, 6.45) is -0.294. The van der Waals surface area contributed by atoms with Crippen molar-refractivity contribution in [3.63, 3.8) is 0 Å². The molecule has 5 nitrogen and oxygen atoms in total. The Kier molecular flexibility index (Phi) is 3.71. The lowest BCUT2D eigenvalue weighted by molar-refractivity contribution is -0.117. The topological polar surface area (TPSA) is 45.1 Å². The summed E-state index contributed by atoms with van der Waals surface area (Å²) in [5.41, 5.74) is 3.07. The molecule has 2 aliphatic rings. The predicted octanol–water partition coefficient (Wildman–Crippen LogP) is 3.03. The third kappa shape index (κ3) is 2.30. The van der Waals surface area contributed by atoms with Crippen molar-refractivity contribution in [2.45, 2.75) is 25.0 Å². The van der Waals surface area contributed by atoms with E-state index in [-0.39, 0.29) is 24.0 Å². The van der Waals surface area contributed by atoms with Crippen molar-refractivity contribution in [3.05, 3.63) is 60.2 Å². The van der Waals surface area contributed by atoms with E-state index in [1.807, 2.05) is 42.5 Å². The zero-order chi connectivity index (χ0) is 17.6. The molecule has 0 aliphatic carbocycles. The molecule has 2 aromatic rings. The van der Waals surface area contributed by atoms with Gasteiger partial charge in [-0.3, -0.25) is 9.69 Å². The van der Waals surface area contributed by atoms with E-state index in [0.29, 0.717) is 5.90 Å². The Balaban J connectivity index is 1.88. The number of hydrogen-bond donors (Lipinski definition) is 0. The van der Waals surface area contributed by atoms with Crippen molar-refractivity contribution < 1.29 is 9.53 Å². The van der Waals surface area contributed by atoms with Gasteiger partial charge in [0.1, 0.15) is 0 Å². The molecule has 2 aliphatic heterocycles. The Morgan fingerprint density at radius 1 is 1.04 bits per heavy atom. The number of rotatable bonds is 1. The summed E-state index contributed by atoms with van der Waals surface area (Å²) in [6, 6.07) is 18.2. The molecular formula is C20H21N3O2. The molecule has 128 valence electrons. The van der Waals surface area contributed by atoms with E-state index in [0.717, 1.165) is 16.9 Å². The summed E-state index contributed by atoms with van der Waals surface area (Å²) < 4.78 is 5.63. The first-order valence-electron chi connectivity index (χ1n) is 8.41. The van der Waals surface area contributed by atoms with Crippen LogP contribution in [0.3, 0.4) is 0 Å². The summed E-state index contributed by atoms with van der Waals surface area (Å²) in [5, 5.41) is 0. The number of hydrogen-bond acceptors (Lipinski definition) is 4. The van der Waals surface area contributed by atoms with Gasteiger partial charge in [-0.25, -0.2) is 4.99 Å². The number of ether oxygens (including phenoxy) is 1. The first kappa shape index (κ1) is 15.7. The molecule has 5 heteroatoms. The predicted molar refractivity (Wildman–Crippen MR) is 99.2 cm³/mol. The first-order valence-corrected chi connectivity index (χ1v) is 8.41. The van der Waals surface area contributed by atoms with Crippen LogP contribution in [0.25, 0.3) is 0 Å². The normalized spacial score (nSPS) is 24.4. The Morgan fingerprint density at radius 3 is 2.32 bits per heavy atom. The quantitative estimate of drug-likeness (QED) is 0.805. The highest BCUT2D eigenvalue weighted by atomic mass is 16.5. The lowest BCUT2D eigenvalue weighted by Gasteiger charge is -2.45. The van der Waals surface area contributed by atoms with Gasteiger partial charge < -0.3 is 9.64 Å². The molecular weight excluding hydrogens is 314 g/mol. The standard InChI is InChI=1S/C20H21N3O2/c1-13(24)23-16-12-8-7-11-15(16)22(2)18-17(14-9-5-4-6-10-14)20(25-3)21-19(18)23/h4-12,17-19H,1-3H3.